The van der Waals surface area contributed by atoms with Crippen molar-refractivity contribution >= 4 is 23.3 Å². The Morgan fingerprint density at radius 3 is 2.47 bits per heavy atom. The monoisotopic (exact) mass is 430 g/mol. The van der Waals surface area contributed by atoms with E-state index in [-0.39, 0.29) is 12.2 Å². The summed E-state index contributed by atoms with van der Waals surface area (Å²) in [7, 11) is 0. The number of pyridine rings is 1. The Hall–Kier alpha value is -4.40. The van der Waals surface area contributed by atoms with Crippen molar-refractivity contribution in [3.63, 3.8) is 0 Å². The molecule has 2 aromatic heterocycles. The number of urea groups is 1. The van der Waals surface area contributed by atoms with E-state index in [1.165, 1.54) is 9.08 Å². The third-order valence-electron chi connectivity index (χ3n) is 4.93. The fraction of sp³-hybridized carbons (Fsp3) is 0.130. The minimum Gasteiger partial charge on any atom is -0.352 e. The topological polar surface area (TPSA) is 124 Å². The van der Waals surface area contributed by atoms with Gasteiger partial charge >= 0.3 is 11.7 Å². The second kappa shape index (κ2) is 9.17. The molecule has 162 valence electrons. The summed E-state index contributed by atoms with van der Waals surface area (Å²) in [6.45, 7) is 0.247. The van der Waals surface area contributed by atoms with Gasteiger partial charge in [0.25, 0.3) is 0 Å². The number of fused-ring (bicyclic) bond motifs is 1. The average Bonchev–Trinajstić information content (AvgIpc) is 3.09. The Bertz CT molecular complexity index is 1310. The predicted molar refractivity (Wildman–Crippen MR) is 120 cm³/mol. The highest BCUT2D eigenvalue weighted by molar-refractivity contribution is 5.97. The van der Waals surface area contributed by atoms with E-state index >= 15 is 0 Å². The molecule has 1 unspecified atom stereocenters. The Labute approximate surface area is 183 Å². The molecule has 4 N–H and O–H groups in total. The molecule has 0 aliphatic heterocycles. The van der Waals surface area contributed by atoms with Gasteiger partial charge in [0, 0.05) is 18.3 Å². The van der Waals surface area contributed by atoms with Gasteiger partial charge in [-0.3, -0.25) is 9.20 Å². The van der Waals surface area contributed by atoms with Gasteiger partial charge < -0.3 is 16.4 Å². The van der Waals surface area contributed by atoms with Crippen LogP contribution in [0.1, 0.15) is 11.1 Å². The number of hydrogen-bond acceptors (Lipinski definition) is 4. The molecule has 9 nitrogen and oxygen atoms in total. The molecule has 4 rings (SSSR count). The van der Waals surface area contributed by atoms with E-state index in [0.717, 1.165) is 11.1 Å². The second-order valence-corrected chi connectivity index (χ2v) is 7.31. The maximum atomic E-state index is 12.8. The quantitative estimate of drug-likeness (QED) is 0.413. The predicted octanol–water partition coefficient (Wildman–Crippen LogP) is 1.76. The molecular formula is C23H22N6O3. The van der Waals surface area contributed by atoms with Crippen LogP contribution in [0.25, 0.3) is 5.65 Å². The SMILES string of the molecule is NC(=O)NC(Cc1ccccc1)C(=O)Nc1cccc(Cn2nc3ccccn3c2=O)c1. The highest BCUT2D eigenvalue weighted by Crippen LogP contribution is 2.13. The van der Waals surface area contributed by atoms with E-state index in [2.05, 4.69) is 15.7 Å². The number of rotatable bonds is 7. The van der Waals surface area contributed by atoms with Crippen LogP contribution in [0, 0.1) is 0 Å². The summed E-state index contributed by atoms with van der Waals surface area (Å²) in [4.78, 5) is 36.8. The summed E-state index contributed by atoms with van der Waals surface area (Å²) in [5, 5.41) is 9.63. The lowest BCUT2D eigenvalue weighted by Crippen LogP contribution is -2.47. The maximum Gasteiger partial charge on any atom is 0.350 e. The normalized spacial score (nSPS) is 11.8. The number of carbonyl (C=O) groups is 2. The summed E-state index contributed by atoms with van der Waals surface area (Å²) in [6.07, 6.45) is 1.96. The third-order valence-corrected chi connectivity index (χ3v) is 4.93. The molecule has 32 heavy (non-hydrogen) atoms. The number of nitrogens with zero attached hydrogens (tertiary/aromatic N) is 3. The van der Waals surface area contributed by atoms with Crippen LogP contribution in [-0.2, 0) is 17.8 Å². The molecular weight excluding hydrogens is 408 g/mol. The molecule has 0 saturated carbocycles. The van der Waals surface area contributed by atoms with Gasteiger partial charge in [0.1, 0.15) is 6.04 Å². The number of amides is 3. The molecule has 0 bridgehead atoms. The van der Waals surface area contributed by atoms with Crippen molar-refractivity contribution in [2.45, 2.75) is 19.0 Å². The summed E-state index contributed by atoms with van der Waals surface area (Å²) in [5.41, 5.74) is 7.79. The number of aromatic nitrogens is 3. The van der Waals surface area contributed by atoms with Crippen LogP contribution in [0.15, 0.2) is 83.8 Å². The van der Waals surface area contributed by atoms with Crippen LogP contribution in [0.4, 0.5) is 10.5 Å². The highest BCUT2D eigenvalue weighted by atomic mass is 16.2. The number of nitrogens with one attached hydrogen (secondary N) is 2. The number of nitrogens with two attached hydrogens (primary N) is 1. The zero-order valence-electron chi connectivity index (χ0n) is 17.1. The van der Waals surface area contributed by atoms with Gasteiger partial charge in [-0.25, -0.2) is 14.3 Å². The first-order valence-electron chi connectivity index (χ1n) is 10.0. The van der Waals surface area contributed by atoms with Crippen LogP contribution in [0.2, 0.25) is 0 Å². The first kappa shape index (κ1) is 20.9. The van der Waals surface area contributed by atoms with Crippen LogP contribution in [0.3, 0.4) is 0 Å². The van der Waals surface area contributed by atoms with E-state index in [1.807, 2.05) is 42.5 Å². The zero-order valence-corrected chi connectivity index (χ0v) is 17.1. The summed E-state index contributed by atoms with van der Waals surface area (Å²) < 4.78 is 2.83. The van der Waals surface area contributed by atoms with Crippen molar-refractivity contribution in [3.05, 3.63) is 101 Å². The number of benzene rings is 2. The van der Waals surface area contributed by atoms with Gasteiger partial charge in [-0.1, -0.05) is 48.5 Å². The summed E-state index contributed by atoms with van der Waals surface area (Å²) in [6, 6.07) is 20.2. The Balaban J connectivity index is 1.50. The number of hydrogen-bond donors (Lipinski definition) is 3. The van der Waals surface area contributed by atoms with E-state index in [9.17, 15) is 14.4 Å². The van der Waals surface area contributed by atoms with Gasteiger partial charge in [0.15, 0.2) is 5.65 Å². The maximum absolute atomic E-state index is 12.8. The first-order chi connectivity index (χ1) is 15.5. The molecule has 0 spiro atoms. The number of anilines is 1. The molecule has 0 radical (unpaired) electrons. The van der Waals surface area contributed by atoms with Crippen molar-refractivity contribution < 1.29 is 9.59 Å². The number of carbonyl (C=O) groups excluding carboxylic acids is 2. The molecule has 3 amide bonds. The summed E-state index contributed by atoms with van der Waals surface area (Å²) >= 11 is 0. The molecule has 9 heteroatoms. The fourth-order valence-electron chi connectivity index (χ4n) is 3.45. The number of primary amides is 1. The molecule has 1 atom stereocenters. The second-order valence-electron chi connectivity index (χ2n) is 7.31. The Morgan fingerprint density at radius 2 is 1.72 bits per heavy atom. The first-order valence-corrected chi connectivity index (χ1v) is 10.0. The third kappa shape index (κ3) is 4.84. The smallest absolute Gasteiger partial charge is 0.350 e. The lowest BCUT2D eigenvalue weighted by atomic mass is 10.1. The molecule has 2 aromatic carbocycles. The Kier molecular flexibility index (Phi) is 5.98. The largest absolute Gasteiger partial charge is 0.352 e. The van der Waals surface area contributed by atoms with Crippen molar-refractivity contribution in [2.24, 2.45) is 5.73 Å². The van der Waals surface area contributed by atoms with E-state index in [4.69, 9.17) is 5.73 Å². The lowest BCUT2D eigenvalue weighted by molar-refractivity contribution is -0.117. The minimum absolute atomic E-state index is 0.247. The molecule has 0 saturated heterocycles. The van der Waals surface area contributed by atoms with Crippen molar-refractivity contribution in [3.8, 4) is 0 Å². The standard InChI is InChI=1S/C23H22N6O3/c24-22(31)26-19(14-16-7-2-1-3-8-16)21(30)25-18-10-6-9-17(13-18)15-29-23(32)28-12-5-4-11-20(28)27-29/h1-13,19H,14-15H2,(H,25,30)(H3,24,26,31). The zero-order chi connectivity index (χ0) is 22.5. The highest BCUT2D eigenvalue weighted by Gasteiger charge is 2.20. The Morgan fingerprint density at radius 1 is 0.969 bits per heavy atom. The molecule has 2 heterocycles. The molecule has 0 fully saturated rings. The van der Waals surface area contributed by atoms with Crippen molar-refractivity contribution in [2.75, 3.05) is 5.32 Å². The molecule has 0 aliphatic rings. The fourth-order valence-corrected chi connectivity index (χ4v) is 3.45. The van der Waals surface area contributed by atoms with Crippen LogP contribution >= 0.6 is 0 Å². The van der Waals surface area contributed by atoms with Crippen molar-refractivity contribution in [1.82, 2.24) is 19.5 Å². The van der Waals surface area contributed by atoms with Gasteiger partial charge in [-0.15, -0.1) is 5.10 Å². The molecule has 4 aromatic rings. The van der Waals surface area contributed by atoms with Gasteiger partial charge in [0.2, 0.25) is 5.91 Å². The van der Waals surface area contributed by atoms with Gasteiger partial charge in [-0.2, -0.15) is 0 Å². The van der Waals surface area contributed by atoms with Gasteiger partial charge in [0.05, 0.1) is 6.54 Å². The van der Waals surface area contributed by atoms with Gasteiger partial charge in [-0.05, 0) is 35.4 Å². The van der Waals surface area contributed by atoms with Crippen molar-refractivity contribution in [1.29, 1.82) is 0 Å². The summed E-state index contributed by atoms with van der Waals surface area (Å²) in [5.74, 6) is -0.394. The van der Waals surface area contributed by atoms with E-state index < -0.39 is 18.0 Å². The lowest BCUT2D eigenvalue weighted by Gasteiger charge is -2.18. The van der Waals surface area contributed by atoms with Crippen LogP contribution in [-0.4, -0.2) is 32.2 Å². The van der Waals surface area contributed by atoms with Crippen LogP contribution in [0.5, 0.6) is 0 Å². The molecule has 0 aliphatic carbocycles. The van der Waals surface area contributed by atoms with E-state index in [1.54, 1.807) is 36.5 Å². The van der Waals surface area contributed by atoms with E-state index in [0.29, 0.717) is 17.8 Å². The van der Waals surface area contributed by atoms with Crippen LogP contribution < -0.4 is 22.1 Å². The average molecular weight is 430 g/mol. The minimum atomic E-state index is -0.834.